The van der Waals surface area contributed by atoms with E-state index >= 15 is 0 Å². The summed E-state index contributed by atoms with van der Waals surface area (Å²) in [5, 5.41) is 13.3. The molecule has 2 aromatic rings. The number of hydrogen-bond donors (Lipinski definition) is 1. The normalized spacial score (nSPS) is 14.2. The average Bonchev–Trinajstić information content (AvgIpc) is 2.77. The highest BCUT2D eigenvalue weighted by atomic mass is 35.5. The van der Waals surface area contributed by atoms with Gasteiger partial charge in [-0.15, -0.1) is 0 Å². The van der Waals surface area contributed by atoms with Crippen molar-refractivity contribution in [2.24, 2.45) is 0 Å². The lowest BCUT2D eigenvalue weighted by molar-refractivity contribution is 0.229. The van der Waals surface area contributed by atoms with Crippen molar-refractivity contribution in [2.75, 3.05) is 13.2 Å². The van der Waals surface area contributed by atoms with Gasteiger partial charge in [0.2, 0.25) is 0 Å². The van der Waals surface area contributed by atoms with Gasteiger partial charge in [-0.2, -0.15) is 0 Å². The molecule has 1 aliphatic heterocycles. The Morgan fingerprint density at radius 3 is 2.84 bits per heavy atom. The summed E-state index contributed by atoms with van der Waals surface area (Å²) in [7, 11) is 0. The summed E-state index contributed by atoms with van der Waals surface area (Å²) in [6, 6.07) is 5.22. The topological polar surface area (TPSA) is 64.7 Å². The van der Waals surface area contributed by atoms with Crippen LogP contribution in [0.15, 0.2) is 22.7 Å². The number of hydrogen-bond acceptors (Lipinski definition) is 5. The van der Waals surface area contributed by atoms with Crippen molar-refractivity contribution in [2.45, 2.75) is 13.0 Å². The number of fused-ring (bicyclic) bond motifs is 1. The van der Waals surface area contributed by atoms with Crippen LogP contribution in [0.5, 0.6) is 11.5 Å². The number of aliphatic hydroxyl groups excluding tert-OH is 1. The van der Waals surface area contributed by atoms with Crippen LogP contribution in [0.3, 0.4) is 0 Å². The monoisotopic (exact) mass is 281 g/mol. The summed E-state index contributed by atoms with van der Waals surface area (Å²) in [6.07, 6.45) is 0.818. The summed E-state index contributed by atoms with van der Waals surface area (Å²) >= 11 is 6.20. The molecule has 3 rings (SSSR count). The minimum atomic E-state index is -0.189. The van der Waals surface area contributed by atoms with E-state index in [1.54, 1.807) is 12.1 Å². The van der Waals surface area contributed by atoms with Gasteiger partial charge in [-0.05, 0) is 12.1 Å². The van der Waals surface area contributed by atoms with E-state index in [9.17, 15) is 0 Å². The fourth-order valence-electron chi connectivity index (χ4n) is 1.90. The second kappa shape index (κ2) is 5.11. The highest BCUT2D eigenvalue weighted by Gasteiger charge is 2.17. The molecule has 100 valence electrons. The molecule has 1 aliphatic rings. The van der Waals surface area contributed by atoms with Crippen LogP contribution in [0.2, 0.25) is 5.02 Å². The minimum absolute atomic E-state index is 0.189. The van der Waals surface area contributed by atoms with E-state index in [1.165, 1.54) is 0 Å². The number of rotatable bonds is 2. The number of aliphatic hydroxyl groups is 1. The molecule has 0 saturated heterocycles. The molecule has 0 radical (unpaired) electrons. The molecule has 19 heavy (non-hydrogen) atoms. The van der Waals surface area contributed by atoms with Crippen molar-refractivity contribution in [1.29, 1.82) is 0 Å². The molecule has 0 unspecified atom stereocenters. The lowest BCUT2D eigenvalue weighted by Crippen LogP contribution is -1.97. The van der Waals surface area contributed by atoms with Gasteiger partial charge >= 0.3 is 0 Å². The van der Waals surface area contributed by atoms with Crippen LogP contribution >= 0.6 is 11.6 Å². The first-order valence-corrected chi connectivity index (χ1v) is 6.31. The molecule has 0 atom stereocenters. The maximum Gasteiger partial charge on any atom is 0.179 e. The van der Waals surface area contributed by atoms with E-state index in [1.807, 2.05) is 6.07 Å². The van der Waals surface area contributed by atoms with Crippen molar-refractivity contribution in [3.05, 3.63) is 29.0 Å². The number of halogens is 1. The number of benzene rings is 1. The van der Waals surface area contributed by atoms with Crippen molar-refractivity contribution in [3.8, 4) is 22.8 Å². The molecule has 0 amide bonds. The Kier molecular flexibility index (Phi) is 3.31. The van der Waals surface area contributed by atoms with Gasteiger partial charge in [0.25, 0.3) is 0 Å². The standard InChI is InChI=1S/C13H12ClNO4/c14-10-4-8(11-6-9(7-16)19-15-11)5-12-13(10)18-3-1-2-17-12/h4-6,16H,1-3,7H2. The molecule has 0 fully saturated rings. The van der Waals surface area contributed by atoms with Crippen LogP contribution in [0.1, 0.15) is 12.2 Å². The first-order chi connectivity index (χ1) is 9.28. The van der Waals surface area contributed by atoms with Gasteiger partial charge in [-0.25, -0.2) is 0 Å². The van der Waals surface area contributed by atoms with Gasteiger partial charge in [0.15, 0.2) is 17.3 Å². The molecule has 5 nitrogen and oxygen atoms in total. The van der Waals surface area contributed by atoms with E-state index in [2.05, 4.69) is 5.16 Å². The largest absolute Gasteiger partial charge is 0.489 e. The molecule has 2 heterocycles. The van der Waals surface area contributed by atoms with Crippen LogP contribution in [0, 0.1) is 0 Å². The van der Waals surface area contributed by atoms with Crippen LogP contribution in [-0.4, -0.2) is 23.5 Å². The number of nitrogens with zero attached hydrogens (tertiary/aromatic N) is 1. The second-order valence-corrected chi connectivity index (χ2v) is 4.58. The predicted octanol–water partition coefficient (Wildman–Crippen LogP) is 2.65. The SMILES string of the molecule is OCc1cc(-c2cc(Cl)c3c(c2)OCCCO3)no1. The van der Waals surface area contributed by atoms with Crippen LogP contribution in [0.4, 0.5) is 0 Å². The minimum Gasteiger partial charge on any atom is -0.489 e. The van der Waals surface area contributed by atoms with Gasteiger partial charge in [0.1, 0.15) is 12.3 Å². The zero-order valence-corrected chi connectivity index (χ0v) is 10.8. The van der Waals surface area contributed by atoms with Gasteiger partial charge in [0, 0.05) is 18.1 Å². The average molecular weight is 282 g/mol. The Morgan fingerprint density at radius 1 is 1.21 bits per heavy atom. The Bertz CT molecular complexity index is 596. The molecule has 0 spiro atoms. The maximum absolute atomic E-state index is 8.98. The Balaban J connectivity index is 2.03. The molecule has 0 saturated carbocycles. The van der Waals surface area contributed by atoms with Gasteiger partial charge in [-0.3, -0.25) is 0 Å². The first kappa shape index (κ1) is 12.3. The van der Waals surface area contributed by atoms with E-state index in [0.717, 1.165) is 12.0 Å². The van der Waals surface area contributed by atoms with Gasteiger partial charge in [0.05, 0.1) is 18.2 Å². The quantitative estimate of drug-likeness (QED) is 0.917. The molecule has 1 aromatic heterocycles. The van der Waals surface area contributed by atoms with Crippen LogP contribution in [-0.2, 0) is 6.61 Å². The summed E-state index contributed by atoms with van der Waals surface area (Å²) in [5.74, 6) is 1.57. The van der Waals surface area contributed by atoms with Crippen molar-refractivity contribution >= 4 is 11.6 Å². The smallest absolute Gasteiger partial charge is 0.179 e. The van der Waals surface area contributed by atoms with E-state index in [4.69, 9.17) is 30.7 Å². The van der Waals surface area contributed by atoms with Gasteiger partial charge in [-0.1, -0.05) is 16.8 Å². The lowest BCUT2D eigenvalue weighted by Gasteiger charge is -2.10. The Hall–Kier alpha value is -1.72. The molecule has 0 bridgehead atoms. The molecular weight excluding hydrogens is 270 g/mol. The third-order valence-corrected chi connectivity index (χ3v) is 3.09. The predicted molar refractivity (Wildman–Crippen MR) is 68.5 cm³/mol. The first-order valence-electron chi connectivity index (χ1n) is 5.94. The fraction of sp³-hybridized carbons (Fsp3) is 0.308. The summed E-state index contributed by atoms with van der Waals surface area (Å²) in [4.78, 5) is 0. The highest BCUT2D eigenvalue weighted by Crippen LogP contribution is 2.40. The third kappa shape index (κ3) is 2.39. The number of ether oxygens (including phenoxy) is 2. The maximum atomic E-state index is 8.98. The number of aromatic nitrogens is 1. The fourth-order valence-corrected chi connectivity index (χ4v) is 2.17. The molecular formula is C13H12ClNO4. The molecule has 6 heteroatoms. The summed E-state index contributed by atoms with van der Waals surface area (Å²) in [6.45, 7) is 0.990. The second-order valence-electron chi connectivity index (χ2n) is 4.17. The lowest BCUT2D eigenvalue weighted by atomic mass is 10.1. The summed E-state index contributed by atoms with van der Waals surface area (Å²) < 4.78 is 16.1. The zero-order valence-electron chi connectivity index (χ0n) is 10.1. The molecule has 1 N–H and O–H groups in total. The van der Waals surface area contributed by atoms with E-state index in [-0.39, 0.29) is 6.61 Å². The van der Waals surface area contributed by atoms with Crippen molar-refractivity contribution in [1.82, 2.24) is 5.16 Å². The van der Waals surface area contributed by atoms with Crippen LogP contribution in [0.25, 0.3) is 11.3 Å². The Labute approximate surface area is 114 Å². The Morgan fingerprint density at radius 2 is 2.05 bits per heavy atom. The van der Waals surface area contributed by atoms with Crippen molar-refractivity contribution in [3.63, 3.8) is 0 Å². The third-order valence-electron chi connectivity index (χ3n) is 2.81. The highest BCUT2D eigenvalue weighted by molar-refractivity contribution is 6.32. The van der Waals surface area contributed by atoms with E-state index < -0.39 is 0 Å². The summed E-state index contributed by atoms with van der Waals surface area (Å²) in [5.41, 5.74) is 1.36. The van der Waals surface area contributed by atoms with Gasteiger partial charge < -0.3 is 19.1 Å². The van der Waals surface area contributed by atoms with Crippen LogP contribution < -0.4 is 9.47 Å². The zero-order chi connectivity index (χ0) is 13.2. The molecule has 0 aliphatic carbocycles. The molecule has 1 aromatic carbocycles. The van der Waals surface area contributed by atoms with Crippen molar-refractivity contribution < 1.29 is 19.1 Å². The van der Waals surface area contributed by atoms with E-state index in [0.29, 0.717) is 41.2 Å².